The molecule has 0 atom stereocenters. The molecule has 2 aromatic carbocycles. The number of benzene rings is 2. The van der Waals surface area contributed by atoms with Crippen LogP contribution < -0.4 is 0 Å². The summed E-state index contributed by atoms with van der Waals surface area (Å²) in [5, 5.41) is 2.76. The zero-order chi connectivity index (χ0) is 11.3. The summed E-state index contributed by atoms with van der Waals surface area (Å²) in [4.78, 5) is 0. The Hall–Kier alpha value is -1.30. The van der Waals surface area contributed by atoms with Gasteiger partial charge in [0.1, 0.15) is 0 Å². The van der Waals surface area contributed by atoms with Gasteiger partial charge in [0.05, 0.1) is 0 Å². The van der Waals surface area contributed by atoms with Gasteiger partial charge >= 0.3 is 0 Å². The van der Waals surface area contributed by atoms with E-state index in [1.165, 1.54) is 21.9 Å². The number of hydrogen-bond donors (Lipinski definition) is 0. The maximum Gasteiger partial charge on any atom is -0.0149 e. The fourth-order valence-corrected chi connectivity index (χ4v) is 1.91. The van der Waals surface area contributed by atoms with Crippen LogP contribution in [0.15, 0.2) is 36.4 Å². The average molecular weight is 200 g/mol. The summed E-state index contributed by atoms with van der Waals surface area (Å²) < 4.78 is 0. The Kier molecular flexibility index (Phi) is 4.36. The van der Waals surface area contributed by atoms with E-state index in [0.717, 1.165) is 6.42 Å². The first-order valence-electron chi connectivity index (χ1n) is 5.80. The van der Waals surface area contributed by atoms with Gasteiger partial charge in [-0.05, 0) is 35.2 Å². The van der Waals surface area contributed by atoms with Crippen molar-refractivity contribution in [2.45, 2.75) is 34.1 Å². The lowest BCUT2D eigenvalue weighted by atomic mass is 9.98. The van der Waals surface area contributed by atoms with Crippen LogP contribution in [0.4, 0.5) is 0 Å². The van der Waals surface area contributed by atoms with E-state index in [1.807, 2.05) is 13.8 Å². The molecule has 0 aliphatic heterocycles. The van der Waals surface area contributed by atoms with Gasteiger partial charge in [0.25, 0.3) is 0 Å². The van der Waals surface area contributed by atoms with Gasteiger partial charge in [-0.15, -0.1) is 0 Å². The number of rotatable bonds is 1. The van der Waals surface area contributed by atoms with E-state index in [-0.39, 0.29) is 0 Å². The second-order valence-corrected chi connectivity index (χ2v) is 3.44. The SMILES string of the molecule is CC.CCc1c(C)ccc2ccccc12. The third-order valence-corrected chi connectivity index (χ3v) is 2.63. The second kappa shape index (κ2) is 5.55. The molecular weight excluding hydrogens is 180 g/mol. The van der Waals surface area contributed by atoms with Crippen LogP contribution in [0.3, 0.4) is 0 Å². The Morgan fingerprint density at radius 3 is 2.27 bits per heavy atom. The van der Waals surface area contributed by atoms with E-state index >= 15 is 0 Å². The fraction of sp³-hybridized carbons (Fsp3) is 0.333. The van der Waals surface area contributed by atoms with Crippen LogP contribution in [-0.2, 0) is 6.42 Å². The largest absolute Gasteiger partial charge is 0.0683 e. The predicted octanol–water partition coefficient (Wildman–Crippen LogP) is 4.74. The molecule has 0 heteroatoms. The van der Waals surface area contributed by atoms with Gasteiger partial charge in [0.15, 0.2) is 0 Å². The summed E-state index contributed by atoms with van der Waals surface area (Å²) in [7, 11) is 0. The molecule has 80 valence electrons. The maximum atomic E-state index is 2.22. The van der Waals surface area contributed by atoms with Crippen LogP contribution in [0.5, 0.6) is 0 Å². The second-order valence-electron chi connectivity index (χ2n) is 3.44. The van der Waals surface area contributed by atoms with E-state index in [0.29, 0.717) is 0 Å². The molecule has 15 heavy (non-hydrogen) atoms. The van der Waals surface area contributed by atoms with Gasteiger partial charge in [-0.2, -0.15) is 0 Å². The molecule has 0 aliphatic rings. The molecule has 0 fully saturated rings. The van der Waals surface area contributed by atoms with E-state index < -0.39 is 0 Å². The van der Waals surface area contributed by atoms with Crippen LogP contribution in [0.25, 0.3) is 10.8 Å². The lowest BCUT2D eigenvalue weighted by molar-refractivity contribution is 1.13. The van der Waals surface area contributed by atoms with Crippen LogP contribution in [-0.4, -0.2) is 0 Å². The number of aryl methyl sites for hydroxylation is 2. The van der Waals surface area contributed by atoms with Crippen LogP contribution in [0.2, 0.25) is 0 Å². The first kappa shape index (κ1) is 11.8. The molecule has 0 bridgehead atoms. The van der Waals surface area contributed by atoms with Gasteiger partial charge in [0.2, 0.25) is 0 Å². The Morgan fingerprint density at radius 2 is 1.60 bits per heavy atom. The lowest BCUT2D eigenvalue weighted by Gasteiger charge is -2.07. The van der Waals surface area contributed by atoms with Crippen molar-refractivity contribution in [2.75, 3.05) is 0 Å². The summed E-state index contributed by atoms with van der Waals surface area (Å²) in [6, 6.07) is 13.0. The van der Waals surface area contributed by atoms with Crippen LogP contribution >= 0.6 is 0 Å². The molecule has 2 rings (SSSR count). The Bertz CT molecular complexity index is 427. The average Bonchev–Trinajstić information content (AvgIpc) is 2.32. The quantitative estimate of drug-likeness (QED) is 0.624. The number of fused-ring (bicyclic) bond motifs is 1. The zero-order valence-electron chi connectivity index (χ0n) is 10.2. The van der Waals surface area contributed by atoms with Crippen molar-refractivity contribution in [3.63, 3.8) is 0 Å². The Balaban J connectivity index is 0.000000531. The van der Waals surface area contributed by atoms with Crippen molar-refractivity contribution < 1.29 is 0 Å². The standard InChI is InChI=1S/C13H14.C2H6/c1-3-12-10(2)8-9-11-6-4-5-7-13(11)12;1-2/h4-9H,3H2,1-2H3;1-2H3. The minimum absolute atomic E-state index is 1.12. The minimum atomic E-state index is 1.12. The lowest BCUT2D eigenvalue weighted by Crippen LogP contribution is -1.87. The summed E-state index contributed by atoms with van der Waals surface area (Å²) in [5.74, 6) is 0. The predicted molar refractivity (Wildman–Crippen MR) is 69.4 cm³/mol. The van der Waals surface area contributed by atoms with Crippen molar-refractivity contribution in [2.24, 2.45) is 0 Å². The summed E-state index contributed by atoms with van der Waals surface area (Å²) in [6.07, 6.45) is 1.12. The van der Waals surface area contributed by atoms with Gasteiger partial charge in [-0.1, -0.05) is 57.2 Å². The molecule has 0 aromatic heterocycles. The molecule has 0 N–H and O–H groups in total. The molecule has 2 aromatic rings. The van der Waals surface area contributed by atoms with Gasteiger partial charge in [-0.3, -0.25) is 0 Å². The first-order valence-corrected chi connectivity index (χ1v) is 5.80. The van der Waals surface area contributed by atoms with Crippen molar-refractivity contribution in [3.8, 4) is 0 Å². The van der Waals surface area contributed by atoms with Crippen LogP contribution in [0.1, 0.15) is 31.9 Å². The topological polar surface area (TPSA) is 0 Å². The minimum Gasteiger partial charge on any atom is -0.0683 e. The molecule has 0 saturated carbocycles. The molecule has 0 unspecified atom stereocenters. The highest BCUT2D eigenvalue weighted by Gasteiger charge is 2.00. The van der Waals surface area contributed by atoms with E-state index in [9.17, 15) is 0 Å². The smallest absolute Gasteiger partial charge is 0.0149 e. The van der Waals surface area contributed by atoms with E-state index in [4.69, 9.17) is 0 Å². The normalized spacial score (nSPS) is 9.60. The number of hydrogen-bond acceptors (Lipinski definition) is 0. The molecule has 0 nitrogen and oxygen atoms in total. The van der Waals surface area contributed by atoms with Gasteiger partial charge in [-0.25, -0.2) is 0 Å². The molecular formula is C15H20. The van der Waals surface area contributed by atoms with Crippen LogP contribution in [0, 0.1) is 6.92 Å². The Morgan fingerprint density at radius 1 is 0.933 bits per heavy atom. The summed E-state index contributed by atoms with van der Waals surface area (Å²) in [5.41, 5.74) is 2.89. The van der Waals surface area contributed by atoms with E-state index in [1.54, 1.807) is 0 Å². The van der Waals surface area contributed by atoms with Crippen molar-refractivity contribution in [1.82, 2.24) is 0 Å². The molecule has 0 spiro atoms. The monoisotopic (exact) mass is 200 g/mol. The summed E-state index contributed by atoms with van der Waals surface area (Å²) >= 11 is 0. The van der Waals surface area contributed by atoms with Gasteiger partial charge in [0, 0.05) is 0 Å². The highest BCUT2D eigenvalue weighted by Crippen LogP contribution is 2.22. The van der Waals surface area contributed by atoms with Crippen molar-refractivity contribution in [1.29, 1.82) is 0 Å². The molecule has 0 saturated heterocycles. The Labute approximate surface area is 92.9 Å². The molecule has 0 heterocycles. The maximum absolute atomic E-state index is 2.22. The summed E-state index contributed by atoms with van der Waals surface area (Å²) in [6.45, 7) is 8.40. The first-order chi connectivity index (χ1) is 7.33. The highest BCUT2D eigenvalue weighted by molar-refractivity contribution is 5.86. The van der Waals surface area contributed by atoms with Gasteiger partial charge < -0.3 is 0 Å². The molecule has 0 radical (unpaired) electrons. The molecule has 0 amide bonds. The molecule has 0 aliphatic carbocycles. The van der Waals surface area contributed by atoms with Crippen molar-refractivity contribution in [3.05, 3.63) is 47.5 Å². The highest BCUT2D eigenvalue weighted by atomic mass is 14.1. The fourth-order valence-electron chi connectivity index (χ4n) is 1.91. The van der Waals surface area contributed by atoms with Crippen molar-refractivity contribution >= 4 is 10.8 Å². The third kappa shape index (κ3) is 2.38. The van der Waals surface area contributed by atoms with E-state index in [2.05, 4.69) is 50.2 Å². The zero-order valence-corrected chi connectivity index (χ0v) is 10.2. The third-order valence-electron chi connectivity index (χ3n) is 2.63.